The van der Waals surface area contributed by atoms with Crippen LogP contribution >= 0.6 is 12.4 Å². The van der Waals surface area contributed by atoms with E-state index in [4.69, 9.17) is 5.11 Å². The molecule has 2 aromatic rings. The highest BCUT2D eigenvalue weighted by atomic mass is 35.5. The highest BCUT2D eigenvalue weighted by Gasteiger charge is 2.19. The molecular formula is C30H43ClN2O5S. The van der Waals surface area contributed by atoms with E-state index in [0.717, 1.165) is 37.8 Å². The molecule has 1 amide bonds. The average Bonchev–Trinajstić information content (AvgIpc) is 2.91. The maximum Gasteiger partial charge on any atom is 0.303 e. The Morgan fingerprint density at radius 1 is 0.821 bits per heavy atom. The molecule has 3 N–H and O–H groups in total. The third-order valence-corrected chi connectivity index (χ3v) is 8.06. The molecule has 0 atom stereocenters. The van der Waals surface area contributed by atoms with E-state index in [1.807, 2.05) is 29.0 Å². The Balaban J connectivity index is 0.000000272. The highest BCUT2D eigenvalue weighted by Crippen LogP contribution is 2.34. The lowest BCUT2D eigenvalue weighted by Gasteiger charge is -2.25. The van der Waals surface area contributed by atoms with Crippen molar-refractivity contribution in [2.45, 2.75) is 82.5 Å². The van der Waals surface area contributed by atoms with Gasteiger partial charge in [-0.25, -0.2) is 8.42 Å². The number of carbonyl (C=O) groups excluding carboxylic acids is 1. The van der Waals surface area contributed by atoms with Crippen LogP contribution in [0.1, 0.15) is 91.9 Å². The molecule has 39 heavy (non-hydrogen) atoms. The molecule has 2 aliphatic rings. The summed E-state index contributed by atoms with van der Waals surface area (Å²) in [5.41, 5.74) is 5.08. The van der Waals surface area contributed by atoms with Crippen molar-refractivity contribution in [3.8, 4) is 0 Å². The lowest BCUT2D eigenvalue weighted by Crippen LogP contribution is -2.29. The number of hydrogen-bond donors (Lipinski definition) is 3. The minimum Gasteiger partial charge on any atom is -0.481 e. The van der Waals surface area contributed by atoms with Gasteiger partial charge in [-0.05, 0) is 85.7 Å². The van der Waals surface area contributed by atoms with E-state index >= 15 is 0 Å². The molecule has 1 aliphatic carbocycles. The van der Waals surface area contributed by atoms with Crippen molar-refractivity contribution >= 4 is 34.3 Å². The van der Waals surface area contributed by atoms with Gasteiger partial charge in [0.05, 0.1) is 6.26 Å². The number of piperidine rings is 1. The third kappa shape index (κ3) is 11.7. The van der Waals surface area contributed by atoms with Crippen LogP contribution in [0.15, 0.2) is 48.5 Å². The molecule has 9 heteroatoms. The highest BCUT2D eigenvalue weighted by molar-refractivity contribution is 7.89. The van der Waals surface area contributed by atoms with Crippen molar-refractivity contribution < 1.29 is 23.1 Å². The second-order valence-corrected chi connectivity index (χ2v) is 12.2. The molecule has 216 valence electrons. The molecule has 4 rings (SSSR count). The number of amides is 1. The van der Waals surface area contributed by atoms with Gasteiger partial charge in [0.15, 0.2) is 0 Å². The summed E-state index contributed by atoms with van der Waals surface area (Å²) in [5.74, 6) is 0.0372. The van der Waals surface area contributed by atoms with E-state index in [-0.39, 0.29) is 25.2 Å². The molecule has 0 spiro atoms. The predicted octanol–water partition coefficient (Wildman–Crippen LogP) is 5.34. The predicted molar refractivity (Wildman–Crippen MR) is 158 cm³/mol. The van der Waals surface area contributed by atoms with Crippen molar-refractivity contribution in [2.24, 2.45) is 0 Å². The Morgan fingerprint density at radius 3 is 1.82 bits per heavy atom. The zero-order valence-corrected chi connectivity index (χ0v) is 24.5. The van der Waals surface area contributed by atoms with Gasteiger partial charge < -0.3 is 10.4 Å². The molecule has 1 aliphatic heterocycles. The molecule has 2 fully saturated rings. The fourth-order valence-electron chi connectivity index (χ4n) is 5.61. The normalized spacial score (nSPS) is 16.3. The summed E-state index contributed by atoms with van der Waals surface area (Å²) in [5, 5.41) is 12.1. The number of rotatable bonds is 9. The molecule has 1 saturated heterocycles. The Labute approximate surface area is 239 Å². The summed E-state index contributed by atoms with van der Waals surface area (Å²) in [6.45, 7) is 2.04. The van der Waals surface area contributed by atoms with Crippen molar-refractivity contribution in [3.05, 3.63) is 70.8 Å². The summed E-state index contributed by atoms with van der Waals surface area (Å²) in [6, 6.07) is 16.5. The van der Waals surface area contributed by atoms with Gasteiger partial charge in [0.25, 0.3) is 0 Å². The summed E-state index contributed by atoms with van der Waals surface area (Å²) >= 11 is 0. The van der Waals surface area contributed by atoms with Crippen LogP contribution < -0.4 is 10.0 Å². The fraction of sp³-hybridized carbons (Fsp3) is 0.533. The zero-order valence-electron chi connectivity index (χ0n) is 22.9. The number of hydrogen-bond acceptors (Lipinski definition) is 5. The van der Waals surface area contributed by atoms with Gasteiger partial charge >= 0.3 is 5.97 Å². The second-order valence-electron chi connectivity index (χ2n) is 10.4. The van der Waals surface area contributed by atoms with Crippen molar-refractivity contribution in [1.82, 2.24) is 10.0 Å². The van der Waals surface area contributed by atoms with Crippen LogP contribution in [0.5, 0.6) is 0 Å². The van der Waals surface area contributed by atoms with Gasteiger partial charge in [-0.15, -0.1) is 12.4 Å². The summed E-state index contributed by atoms with van der Waals surface area (Å²) < 4.78 is 24.1. The van der Waals surface area contributed by atoms with Crippen LogP contribution in [0.25, 0.3) is 0 Å². The van der Waals surface area contributed by atoms with E-state index in [2.05, 4.69) is 29.6 Å². The number of halogens is 1. The van der Waals surface area contributed by atoms with Crippen molar-refractivity contribution in [1.29, 1.82) is 0 Å². The topological polar surface area (TPSA) is 113 Å². The van der Waals surface area contributed by atoms with Gasteiger partial charge in [-0.3, -0.25) is 14.3 Å². The van der Waals surface area contributed by atoms with E-state index in [1.165, 1.54) is 48.8 Å². The maximum atomic E-state index is 11.6. The van der Waals surface area contributed by atoms with Gasteiger partial charge in [0.2, 0.25) is 15.9 Å². The Kier molecular flexibility index (Phi) is 14.0. The maximum absolute atomic E-state index is 11.6. The number of aliphatic carboxylic acids is 1. The molecule has 2 aromatic carbocycles. The Hall–Kier alpha value is -2.42. The SMILES string of the molecule is CS(=O)(=O)NC(=O)CCc1ccccc1C1CCNCC1.Cl.O=C(O)CCc1ccccc1C1CCCCC1. The smallest absolute Gasteiger partial charge is 0.303 e. The molecular weight excluding hydrogens is 536 g/mol. The number of benzene rings is 2. The van der Waals surface area contributed by atoms with Crippen LogP contribution in [0, 0.1) is 0 Å². The minimum absolute atomic E-state index is 0. The summed E-state index contributed by atoms with van der Waals surface area (Å²) in [6.07, 6.45) is 11.4. The van der Waals surface area contributed by atoms with E-state index < -0.39 is 21.9 Å². The van der Waals surface area contributed by atoms with E-state index in [9.17, 15) is 18.0 Å². The number of carboxylic acids is 1. The first-order valence-corrected chi connectivity index (χ1v) is 15.7. The number of carbonyl (C=O) groups is 2. The average molecular weight is 579 g/mol. The summed E-state index contributed by atoms with van der Waals surface area (Å²) in [4.78, 5) is 22.3. The van der Waals surface area contributed by atoms with Crippen LogP contribution in [-0.2, 0) is 32.5 Å². The number of sulfonamides is 1. The first-order valence-electron chi connectivity index (χ1n) is 13.8. The van der Waals surface area contributed by atoms with E-state index in [0.29, 0.717) is 24.7 Å². The summed E-state index contributed by atoms with van der Waals surface area (Å²) in [7, 11) is -3.47. The lowest BCUT2D eigenvalue weighted by molar-refractivity contribution is -0.137. The Morgan fingerprint density at radius 2 is 1.31 bits per heavy atom. The number of aryl methyl sites for hydroxylation is 2. The Bertz CT molecular complexity index is 1160. The fourth-order valence-corrected chi connectivity index (χ4v) is 6.13. The molecule has 0 aromatic heterocycles. The molecule has 1 saturated carbocycles. The van der Waals surface area contributed by atoms with Crippen molar-refractivity contribution in [3.63, 3.8) is 0 Å². The quantitative estimate of drug-likeness (QED) is 0.370. The van der Waals surface area contributed by atoms with Crippen molar-refractivity contribution in [2.75, 3.05) is 19.3 Å². The van der Waals surface area contributed by atoms with Gasteiger partial charge in [0.1, 0.15) is 0 Å². The monoisotopic (exact) mass is 578 g/mol. The third-order valence-electron chi connectivity index (χ3n) is 7.46. The standard InChI is InChI=1S/C15H22N2O3S.C15H20O2.ClH/c1-21(19,20)17-15(18)7-6-12-4-2-3-5-14(12)13-8-10-16-11-9-13;16-15(17)11-10-13-8-4-5-9-14(13)12-6-2-1-3-7-12;/h2-5,13,16H,6-11H2,1H3,(H,17,18);4-5,8-9,12H,1-3,6-7,10-11H2,(H,16,17);1H. The second kappa shape index (κ2) is 16.6. The van der Waals surface area contributed by atoms with Gasteiger partial charge in [-0.2, -0.15) is 0 Å². The van der Waals surface area contributed by atoms with Crippen LogP contribution in [0.2, 0.25) is 0 Å². The molecule has 0 bridgehead atoms. The van der Waals surface area contributed by atoms with Crippen LogP contribution in [0.3, 0.4) is 0 Å². The lowest BCUT2D eigenvalue weighted by atomic mass is 9.81. The molecule has 1 heterocycles. The van der Waals surface area contributed by atoms with Gasteiger partial charge in [0, 0.05) is 12.8 Å². The first-order chi connectivity index (χ1) is 18.2. The largest absolute Gasteiger partial charge is 0.481 e. The molecule has 0 radical (unpaired) electrons. The molecule has 7 nitrogen and oxygen atoms in total. The zero-order chi connectivity index (χ0) is 27.4. The number of carboxylic acid groups (broad SMARTS) is 1. The first kappa shape index (κ1) is 32.8. The van der Waals surface area contributed by atoms with E-state index in [1.54, 1.807) is 0 Å². The minimum atomic E-state index is -3.47. The van der Waals surface area contributed by atoms with Crippen LogP contribution in [0.4, 0.5) is 0 Å². The number of nitrogens with one attached hydrogen (secondary N) is 2. The van der Waals surface area contributed by atoms with Crippen LogP contribution in [-0.4, -0.2) is 44.7 Å². The van der Waals surface area contributed by atoms with Gasteiger partial charge in [-0.1, -0.05) is 67.8 Å². The molecule has 0 unspecified atom stereocenters.